The summed E-state index contributed by atoms with van der Waals surface area (Å²) in [6, 6.07) is 3.90. The highest BCUT2D eigenvalue weighted by atomic mass is 16.2. The Morgan fingerprint density at radius 2 is 2.29 bits per heavy atom. The first-order valence-electron chi connectivity index (χ1n) is 5.37. The van der Waals surface area contributed by atoms with Crippen molar-refractivity contribution < 1.29 is 4.79 Å². The zero-order valence-electron chi connectivity index (χ0n) is 10.1. The first kappa shape index (κ1) is 11.4. The van der Waals surface area contributed by atoms with Crippen LogP contribution in [0.2, 0.25) is 0 Å². The largest absolute Gasteiger partial charge is 0.367 e. The first-order valence-corrected chi connectivity index (χ1v) is 5.37. The Balaban J connectivity index is 2.31. The van der Waals surface area contributed by atoms with Gasteiger partial charge in [-0.05, 0) is 19.9 Å². The number of nitrogens with one attached hydrogen (secondary N) is 1. The topological polar surface area (TPSA) is 69.0 Å². The Hall–Kier alpha value is -2.09. The van der Waals surface area contributed by atoms with Gasteiger partial charge in [-0.2, -0.15) is 5.26 Å². The lowest BCUT2D eigenvalue weighted by Crippen LogP contribution is -2.28. The molecule has 2 heterocycles. The van der Waals surface area contributed by atoms with Crippen molar-refractivity contribution in [1.82, 2.24) is 9.88 Å². The fraction of sp³-hybridized carbons (Fsp3) is 0.417. The van der Waals surface area contributed by atoms with Crippen LogP contribution in [0.15, 0.2) is 12.3 Å². The summed E-state index contributed by atoms with van der Waals surface area (Å²) in [5.74, 6) is -0.0223. The predicted molar refractivity (Wildman–Crippen MR) is 63.3 cm³/mol. The quantitative estimate of drug-likeness (QED) is 0.833. The van der Waals surface area contributed by atoms with Crippen LogP contribution in [0.25, 0.3) is 0 Å². The average Bonchev–Trinajstić information content (AvgIpc) is 2.55. The van der Waals surface area contributed by atoms with Gasteiger partial charge in [0.25, 0.3) is 5.91 Å². The Morgan fingerprint density at radius 3 is 2.94 bits per heavy atom. The summed E-state index contributed by atoms with van der Waals surface area (Å²) in [6.45, 7) is 4.10. The van der Waals surface area contributed by atoms with Crippen LogP contribution in [0.3, 0.4) is 0 Å². The highest BCUT2D eigenvalue weighted by Gasteiger charge is 2.26. The molecular weight excluding hydrogens is 216 g/mol. The summed E-state index contributed by atoms with van der Waals surface area (Å²) in [6.07, 6.45) is 1.66. The number of anilines is 1. The molecule has 17 heavy (non-hydrogen) atoms. The number of amides is 1. The molecule has 1 aliphatic rings. The van der Waals surface area contributed by atoms with Gasteiger partial charge in [0.05, 0.1) is 35.8 Å². The van der Waals surface area contributed by atoms with E-state index in [0.29, 0.717) is 17.8 Å². The van der Waals surface area contributed by atoms with Crippen molar-refractivity contribution in [2.45, 2.75) is 25.9 Å². The molecule has 0 aromatic carbocycles. The van der Waals surface area contributed by atoms with Crippen LogP contribution in [-0.2, 0) is 6.54 Å². The normalized spacial score (nSPS) is 14.5. The van der Waals surface area contributed by atoms with Crippen LogP contribution in [0.4, 0.5) is 5.69 Å². The number of fused-ring (bicyclic) bond motifs is 1. The van der Waals surface area contributed by atoms with Crippen molar-refractivity contribution >= 4 is 11.6 Å². The second kappa shape index (κ2) is 3.74. The predicted octanol–water partition coefficient (Wildman–Crippen LogP) is 1.38. The van der Waals surface area contributed by atoms with Crippen molar-refractivity contribution in [2.75, 3.05) is 12.4 Å². The number of nitrogens with zero attached hydrogens (tertiary/aromatic N) is 3. The second-order valence-electron chi connectivity index (χ2n) is 4.74. The number of pyridine rings is 1. The molecule has 0 saturated carbocycles. The molecule has 0 fully saturated rings. The third kappa shape index (κ3) is 2.07. The van der Waals surface area contributed by atoms with Crippen LogP contribution in [-0.4, -0.2) is 28.4 Å². The maximum atomic E-state index is 11.8. The van der Waals surface area contributed by atoms with Crippen LogP contribution in [0, 0.1) is 11.3 Å². The summed E-state index contributed by atoms with van der Waals surface area (Å²) in [5.41, 5.74) is 1.42. The van der Waals surface area contributed by atoms with Gasteiger partial charge in [-0.1, -0.05) is 0 Å². The molecule has 1 aromatic rings. The molecule has 0 unspecified atom stereocenters. The smallest absolute Gasteiger partial charge is 0.255 e. The van der Waals surface area contributed by atoms with Gasteiger partial charge in [0, 0.05) is 7.05 Å². The fourth-order valence-electron chi connectivity index (χ4n) is 1.76. The minimum atomic E-state index is -0.677. The number of carbonyl (C=O) groups excluding carboxylic acids is 1. The molecule has 0 saturated heterocycles. The van der Waals surface area contributed by atoms with Crippen molar-refractivity contribution in [1.29, 1.82) is 5.26 Å². The number of carbonyl (C=O) groups is 1. The second-order valence-corrected chi connectivity index (χ2v) is 4.74. The Bertz CT molecular complexity index is 516. The van der Waals surface area contributed by atoms with Gasteiger partial charge < -0.3 is 10.2 Å². The van der Waals surface area contributed by atoms with Gasteiger partial charge in [-0.3, -0.25) is 9.78 Å². The zero-order valence-corrected chi connectivity index (χ0v) is 10.1. The van der Waals surface area contributed by atoms with Gasteiger partial charge in [0.2, 0.25) is 0 Å². The van der Waals surface area contributed by atoms with E-state index in [9.17, 15) is 4.79 Å². The monoisotopic (exact) mass is 230 g/mol. The number of hydrogen-bond acceptors (Lipinski definition) is 4. The first-order chi connectivity index (χ1) is 7.93. The molecule has 2 rings (SSSR count). The van der Waals surface area contributed by atoms with E-state index < -0.39 is 5.54 Å². The molecule has 0 bridgehead atoms. The minimum Gasteiger partial charge on any atom is -0.367 e. The van der Waals surface area contributed by atoms with E-state index in [1.807, 2.05) is 0 Å². The molecule has 5 heteroatoms. The maximum Gasteiger partial charge on any atom is 0.255 e. The van der Waals surface area contributed by atoms with E-state index in [-0.39, 0.29) is 5.91 Å². The summed E-state index contributed by atoms with van der Waals surface area (Å²) >= 11 is 0. The molecule has 0 aliphatic carbocycles. The Kier molecular flexibility index (Phi) is 2.50. The van der Waals surface area contributed by atoms with Gasteiger partial charge in [0.1, 0.15) is 5.54 Å². The van der Waals surface area contributed by atoms with E-state index in [4.69, 9.17) is 5.26 Å². The highest BCUT2D eigenvalue weighted by Crippen LogP contribution is 2.23. The minimum absolute atomic E-state index is 0.0223. The van der Waals surface area contributed by atoms with Crippen molar-refractivity contribution in [2.24, 2.45) is 0 Å². The summed E-state index contributed by atoms with van der Waals surface area (Å²) < 4.78 is 0. The standard InChI is InChI=1S/C12H14N4O/c1-12(2,7-13)15-8-4-9-10(14-5-8)6-16(3)11(9)17/h4-5,15H,6H2,1-3H3. The van der Waals surface area contributed by atoms with E-state index in [2.05, 4.69) is 16.4 Å². The van der Waals surface area contributed by atoms with Gasteiger partial charge in [-0.25, -0.2) is 0 Å². The van der Waals surface area contributed by atoms with Crippen LogP contribution in [0.5, 0.6) is 0 Å². The van der Waals surface area contributed by atoms with E-state index in [0.717, 1.165) is 5.69 Å². The van der Waals surface area contributed by atoms with Gasteiger partial charge in [0.15, 0.2) is 0 Å². The number of rotatable bonds is 2. The van der Waals surface area contributed by atoms with E-state index >= 15 is 0 Å². The molecule has 1 aromatic heterocycles. The van der Waals surface area contributed by atoms with Gasteiger partial charge in [-0.15, -0.1) is 0 Å². The van der Waals surface area contributed by atoms with Crippen LogP contribution in [0.1, 0.15) is 29.9 Å². The van der Waals surface area contributed by atoms with E-state index in [1.54, 1.807) is 38.1 Å². The lowest BCUT2D eigenvalue weighted by molar-refractivity contribution is 0.0816. The molecule has 1 N–H and O–H groups in total. The van der Waals surface area contributed by atoms with Crippen LogP contribution < -0.4 is 5.32 Å². The molecule has 0 atom stereocenters. The number of aromatic nitrogens is 1. The summed E-state index contributed by atoms with van der Waals surface area (Å²) in [4.78, 5) is 17.6. The van der Waals surface area contributed by atoms with Gasteiger partial charge >= 0.3 is 0 Å². The van der Waals surface area contributed by atoms with Crippen molar-refractivity contribution in [3.63, 3.8) is 0 Å². The Labute approximate surface area is 100 Å². The third-order valence-corrected chi connectivity index (χ3v) is 2.67. The van der Waals surface area contributed by atoms with E-state index in [1.165, 1.54) is 0 Å². The molecule has 1 amide bonds. The molecular formula is C12H14N4O. The molecule has 0 radical (unpaired) electrons. The summed E-state index contributed by atoms with van der Waals surface area (Å²) in [5, 5.41) is 12.0. The van der Waals surface area contributed by atoms with Crippen molar-refractivity contribution in [3.05, 3.63) is 23.5 Å². The van der Waals surface area contributed by atoms with Crippen LogP contribution >= 0.6 is 0 Å². The SMILES string of the molecule is CN1Cc2ncc(NC(C)(C)C#N)cc2C1=O. The summed E-state index contributed by atoms with van der Waals surface area (Å²) in [7, 11) is 1.75. The maximum absolute atomic E-state index is 11.8. The molecule has 88 valence electrons. The lowest BCUT2D eigenvalue weighted by Gasteiger charge is -2.18. The molecule has 5 nitrogen and oxygen atoms in total. The lowest BCUT2D eigenvalue weighted by atomic mass is 10.1. The zero-order chi connectivity index (χ0) is 12.6. The fourth-order valence-corrected chi connectivity index (χ4v) is 1.76. The number of nitriles is 1. The average molecular weight is 230 g/mol. The van der Waals surface area contributed by atoms with Crippen molar-refractivity contribution in [3.8, 4) is 6.07 Å². The Morgan fingerprint density at radius 1 is 1.59 bits per heavy atom. The number of hydrogen-bond donors (Lipinski definition) is 1. The molecule has 0 spiro atoms. The molecule has 1 aliphatic heterocycles. The third-order valence-electron chi connectivity index (χ3n) is 2.67. The highest BCUT2D eigenvalue weighted by molar-refractivity contribution is 5.98.